The molecule has 0 fully saturated rings. The average molecular weight is 243 g/mol. The molecule has 0 bridgehead atoms. The molecule has 1 aromatic rings. The molecule has 0 saturated carbocycles. The third-order valence-corrected chi connectivity index (χ3v) is 2.42. The first-order valence-electron chi connectivity index (χ1n) is 4.97. The maximum Gasteiger partial charge on any atom is 0.303 e. The van der Waals surface area contributed by atoms with Crippen LogP contribution >= 0.6 is 11.7 Å². The molecule has 0 spiro atoms. The van der Waals surface area contributed by atoms with E-state index in [0.717, 1.165) is 24.6 Å². The average Bonchev–Trinajstić information content (AvgIpc) is 2.75. The highest BCUT2D eigenvalue weighted by Crippen LogP contribution is 1.99. The summed E-state index contributed by atoms with van der Waals surface area (Å²) in [6.45, 7) is 0.538. The molecule has 1 rings (SSSR count). The second-order valence-electron chi connectivity index (χ2n) is 3.25. The minimum absolute atomic E-state index is 0.184. The largest absolute Gasteiger partial charge is 0.481 e. The van der Waals surface area contributed by atoms with Crippen molar-refractivity contribution in [2.45, 2.75) is 25.7 Å². The van der Waals surface area contributed by atoms with Gasteiger partial charge in [-0.15, -0.1) is 0 Å². The number of aliphatic carboxylic acids is 1. The fourth-order valence-corrected chi connectivity index (χ4v) is 1.55. The quantitative estimate of drug-likeness (QED) is 0.694. The Balaban J connectivity index is 2.03. The molecular formula is C9H13N3O3S. The maximum atomic E-state index is 11.3. The second-order valence-corrected chi connectivity index (χ2v) is 3.81. The van der Waals surface area contributed by atoms with E-state index in [1.165, 1.54) is 6.20 Å². The van der Waals surface area contributed by atoms with E-state index < -0.39 is 5.97 Å². The Morgan fingerprint density at radius 3 is 2.81 bits per heavy atom. The highest BCUT2D eigenvalue weighted by atomic mass is 32.1. The van der Waals surface area contributed by atoms with Crippen LogP contribution in [0, 0.1) is 0 Å². The first-order valence-corrected chi connectivity index (χ1v) is 5.70. The van der Waals surface area contributed by atoms with Crippen molar-refractivity contribution in [2.24, 2.45) is 0 Å². The Morgan fingerprint density at radius 1 is 1.38 bits per heavy atom. The summed E-state index contributed by atoms with van der Waals surface area (Å²) in [7, 11) is 0. The van der Waals surface area contributed by atoms with Crippen LogP contribution in [0.3, 0.4) is 0 Å². The van der Waals surface area contributed by atoms with Gasteiger partial charge in [-0.05, 0) is 12.8 Å². The molecule has 16 heavy (non-hydrogen) atoms. The normalized spacial score (nSPS) is 10.0. The van der Waals surface area contributed by atoms with Gasteiger partial charge >= 0.3 is 5.97 Å². The number of hydrogen-bond donors (Lipinski definition) is 2. The van der Waals surface area contributed by atoms with E-state index in [4.69, 9.17) is 5.11 Å². The van der Waals surface area contributed by atoms with Crippen LogP contribution in [-0.4, -0.2) is 32.3 Å². The molecule has 0 atom stereocenters. The number of hydrogen-bond acceptors (Lipinski definition) is 5. The van der Waals surface area contributed by atoms with Gasteiger partial charge in [0, 0.05) is 13.0 Å². The molecule has 0 saturated heterocycles. The van der Waals surface area contributed by atoms with Crippen molar-refractivity contribution in [3.8, 4) is 0 Å². The Hall–Kier alpha value is -1.50. The van der Waals surface area contributed by atoms with Gasteiger partial charge in [0.1, 0.15) is 0 Å². The van der Waals surface area contributed by atoms with Crippen LogP contribution in [0.1, 0.15) is 36.2 Å². The van der Waals surface area contributed by atoms with E-state index in [-0.39, 0.29) is 12.3 Å². The number of nitrogens with zero attached hydrogens (tertiary/aromatic N) is 2. The van der Waals surface area contributed by atoms with Gasteiger partial charge in [-0.1, -0.05) is 6.42 Å². The molecule has 0 aliphatic heterocycles. The SMILES string of the molecule is O=C(O)CCCCCNC(=O)c1cnsn1. The second kappa shape index (κ2) is 6.89. The lowest BCUT2D eigenvalue weighted by Crippen LogP contribution is -2.24. The lowest BCUT2D eigenvalue weighted by molar-refractivity contribution is -0.137. The Kier molecular flexibility index (Phi) is 5.41. The lowest BCUT2D eigenvalue weighted by Gasteiger charge is -2.01. The fraction of sp³-hybridized carbons (Fsp3) is 0.556. The van der Waals surface area contributed by atoms with E-state index in [1.807, 2.05) is 0 Å². The van der Waals surface area contributed by atoms with Gasteiger partial charge in [0.05, 0.1) is 17.9 Å². The number of carboxylic acid groups (broad SMARTS) is 1. The Bertz CT molecular complexity index is 340. The predicted molar refractivity (Wildman–Crippen MR) is 58.3 cm³/mol. The zero-order valence-corrected chi connectivity index (χ0v) is 9.50. The van der Waals surface area contributed by atoms with Gasteiger partial charge < -0.3 is 10.4 Å². The van der Waals surface area contributed by atoms with Crippen LogP contribution in [0.15, 0.2) is 6.20 Å². The van der Waals surface area contributed by atoms with Gasteiger partial charge in [-0.25, -0.2) is 0 Å². The van der Waals surface area contributed by atoms with Crippen molar-refractivity contribution in [1.82, 2.24) is 14.1 Å². The number of rotatable bonds is 7. The molecule has 6 nitrogen and oxygen atoms in total. The molecule has 1 amide bonds. The van der Waals surface area contributed by atoms with Crippen molar-refractivity contribution in [3.63, 3.8) is 0 Å². The molecule has 0 unspecified atom stereocenters. The molecule has 7 heteroatoms. The number of carbonyl (C=O) groups is 2. The van der Waals surface area contributed by atoms with E-state index in [9.17, 15) is 9.59 Å². The highest BCUT2D eigenvalue weighted by molar-refractivity contribution is 6.99. The van der Waals surface area contributed by atoms with Gasteiger partial charge in [-0.2, -0.15) is 8.75 Å². The van der Waals surface area contributed by atoms with Gasteiger partial charge in [0.25, 0.3) is 5.91 Å². The van der Waals surface area contributed by atoms with Crippen molar-refractivity contribution < 1.29 is 14.7 Å². The molecule has 0 aliphatic rings. The summed E-state index contributed by atoms with van der Waals surface area (Å²) in [4.78, 5) is 21.6. The zero-order chi connectivity index (χ0) is 11.8. The Labute approximate surface area is 97.0 Å². The third-order valence-electron chi connectivity index (χ3n) is 1.95. The van der Waals surface area contributed by atoms with Crippen LogP contribution in [0.5, 0.6) is 0 Å². The van der Waals surface area contributed by atoms with E-state index in [2.05, 4.69) is 14.1 Å². The first kappa shape index (κ1) is 12.6. The minimum Gasteiger partial charge on any atom is -0.481 e. The fourth-order valence-electron chi connectivity index (χ4n) is 1.14. The summed E-state index contributed by atoms with van der Waals surface area (Å²) in [5, 5.41) is 11.1. The molecule has 0 radical (unpaired) electrons. The zero-order valence-electron chi connectivity index (χ0n) is 8.68. The standard InChI is InChI=1S/C9H13N3O3S/c13-8(14)4-2-1-3-5-10-9(15)7-6-11-16-12-7/h6H,1-5H2,(H,10,15)(H,13,14). The summed E-state index contributed by atoms with van der Waals surface area (Å²) in [6, 6.07) is 0. The summed E-state index contributed by atoms with van der Waals surface area (Å²) in [6.07, 6.45) is 3.82. The monoisotopic (exact) mass is 243 g/mol. The lowest BCUT2D eigenvalue weighted by atomic mass is 10.2. The van der Waals surface area contributed by atoms with Crippen LogP contribution in [0.4, 0.5) is 0 Å². The van der Waals surface area contributed by atoms with Crippen LogP contribution < -0.4 is 5.32 Å². The van der Waals surface area contributed by atoms with Crippen LogP contribution in [-0.2, 0) is 4.79 Å². The summed E-state index contributed by atoms with van der Waals surface area (Å²) in [5.41, 5.74) is 0.329. The highest BCUT2D eigenvalue weighted by Gasteiger charge is 2.06. The molecule has 88 valence electrons. The summed E-state index contributed by atoms with van der Waals surface area (Å²) in [5.74, 6) is -1.01. The number of amides is 1. The van der Waals surface area contributed by atoms with Gasteiger partial charge in [0.15, 0.2) is 5.69 Å². The van der Waals surface area contributed by atoms with Crippen molar-refractivity contribution >= 4 is 23.6 Å². The predicted octanol–water partition coefficient (Wildman–Crippen LogP) is 0.913. The molecule has 2 N–H and O–H groups in total. The topological polar surface area (TPSA) is 92.2 Å². The molecular weight excluding hydrogens is 230 g/mol. The van der Waals surface area contributed by atoms with E-state index in [1.54, 1.807) is 0 Å². The number of aromatic nitrogens is 2. The Morgan fingerprint density at radius 2 is 2.19 bits per heavy atom. The third kappa shape index (κ3) is 4.83. The van der Waals surface area contributed by atoms with Crippen molar-refractivity contribution in [2.75, 3.05) is 6.54 Å². The van der Waals surface area contributed by atoms with Crippen LogP contribution in [0.2, 0.25) is 0 Å². The molecule has 1 heterocycles. The number of unbranched alkanes of at least 4 members (excludes halogenated alkanes) is 2. The molecule has 0 aliphatic carbocycles. The summed E-state index contributed by atoms with van der Waals surface area (Å²) >= 11 is 0.992. The number of nitrogens with one attached hydrogen (secondary N) is 1. The van der Waals surface area contributed by atoms with E-state index in [0.29, 0.717) is 18.7 Å². The summed E-state index contributed by atoms with van der Waals surface area (Å²) < 4.78 is 7.52. The van der Waals surface area contributed by atoms with Crippen molar-refractivity contribution in [3.05, 3.63) is 11.9 Å². The minimum atomic E-state index is -0.780. The van der Waals surface area contributed by atoms with E-state index >= 15 is 0 Å². The van der Waals surface area contributed by atoms with Crippen molar-refractivity contribution in [1.29, 1.82) is 0 Å². The number of carboxylic acids is 1. The first-order chi connectivity index (χ1) is 7.70. The number of carbonyl (C=O) groups excluding carboxylic acids is 1. The molecule has 0 aromatic carbocycles. The van der Waals surface area contributed by atoms with Gasteiger partial charge in [-0.3, -0.25) is 9.59 Å². The van der Waals surface area contributed by atoms with Crippen LogP contribution in [0.25, 0.3) is 0 Å². The maximum absolute atomic E-state index is 11.3. The smallest absolute Gasteiger partial charge is 0.303 e. The van der Waals surface area contributed by atoms with Gasteiger partial charge in [0.2, 0.25) is 0 Å². The molecule has 1 aromatic heterocycles.